The number of aromatic nitrogens is 1. The Morgan fingerprint density at radius 2 is 1.84 bits per heavy atom. The smallest absolute Gasteiger partial charge is 0.347 e. The number of fused-ring (bicyclic) bond motifs is 1. The van der Waals surface area contributed by atoms with Gasteiger partial charge >= 0.3 is 5.63 Å². The second-order valence-electron chi connectivity index (χ2n) is 4.28. The lowest BCUT2D eigenvalue weighted by molar-refractivity contribution is 0.518. The number of aryl methyl sites for hydroxylation is 1. The molecule has 3 rings (SSSR count). The molecular formula is C15H10FNO2. The van der Waals surface area contributed by atoms with E-state index in [0.717, 1.165) is 5.56 Å². The van der Waals surface area contributed by atoms with Gasteiger partial charge in [-0.25, -0.2) is 14.2 Å². The van der Waals surface area contributed by atoms with Crippen molar-refractivity contribution in [1.29, 1.82) is 0 Å². The predicted octanol–water partition coefficient (Wildman–Crippen LogP) is 3.30. The molecule has 0 spiro atoms. The maximum atomic E-state index is 12.9. The minimum Gasteiger partial charge on any atom is -0.403 e. The average molecular weight is 255 g/mol. The first-order valence-corrected chi connectivity index (χ1v) is 5.81. The lowest BCUT2D eigenvalue weighted by atomic mass is 10.1. The first-order chi connectivity index (χ1) is 9.15. The third-order valence-electron chi connectivity index (χ3n) is 2.95. The van der Waals surface area contributed by atoms with Crippen LogP contribution in [0.2, 0.25) is 0 Å². The van der Waals surface area contributed by atoms with E-state index in [-0.39, 0.29) is 11.7 Å². The molecule has 1 aromatic heterocycles. The third kappa shape index (κ3) is 2.01. The van der Waals surface area contributed by atoms with E-state index < -0.39 is 5.63 Å². The van der Waals surface area contributed by atoms with Crippen LogP contribution in [0.15, 0.2) is 51.7 Å². The molecule has 0 aliphatic carbocycles. The van der Waals surface area contributed by atoms with E-state index in [1.807, 2.05) is 13.0 Å². The Kier molecular flexibility index (Phi) is 2.63. The highest BCUT2D eigenvalue weighted by atomic mass is 19.1. The summed E-state index contributed by atoms with van der Waals surface area (Å²) < 4.78 is 18.1. The largest absolute Gasteiger partial charge is 0.403 e. The highest BCUT2D eigenvalue weighted by Crippen LogP contribution is 2.20. The van der Waals surface area contributed by atoms with Crippen LogP contribution in [-0.2, 0) is 0 Å². The van der Waals surface area contributed by atoms with Gasteiger partial charge in [0.15, 0.2) is 0 Å². The minimum absolute atomic E-state index is 0.201. The predicted molar refractivity (Wildman–Crippen MR) is 70.4 cm³/mol. The van der Waals surface area contributed by atoms with Gasteiger partial charge in [-0.05, 0) is 42.8 Å². The van der Waals surface area contributed by atoms with Gasteiger partial charge in [0.1, 0.15) is 5.82 Å². The molecule has 4 heteroatoms. The molecule has 0 aliphatic rings. The van der Waals surface area contributed by atoms with Crippen LogP contribution in [-0.4, -0.2) is 4.98 Å². The number of para-hydroxylation sites is 1. The Morgan fingerprint density at radius 1 is 1.11 bits per heavy atom. The summed E-state index contributed by atoms with van der Waals surface area (Å²) in [6, 6.07) is 11.0. The van der Waals surface area contributed by atoms with Gasteiger partial charge in [0.25, 0.3) is 0 Å². The Bertz CT molecular complexity index is 806. The van der Waals surface area contributed by atoms with Crippen molar-refractivity contribution in [2.75, 3.05) is 0 Å². The van der Waals surface area contributed by atoms with E-state index in [9.17, 15) is 9.18 Å². The molecule has 3 aromatic rings. The Morgan fingerprint density at radius 3 is 2.58 bits per heavy atom. The Labute approximate surface area is 108 Å². The normalized spacial score (nSPS) is 10.8. The second-order valence-corrected chi connectivity index (χ2v) is 4.28. The zero-order valence-corrected chi connectivity index (χ0v) is 10.2. The molecule has 0 saturated carbocycles. The van der Waals surface area contributed by atoms with E-state index >= 15 is 0 Å². The summed E-state index contributed by atoms with van der Waals surface area (Å²) in [7, 11) is 0. The second kappa shape index (κ2) is 4.31. The summed E-state index contributed by atoms with van der Waals surface area (Å²) in [5.74, 6) is -0.144. The standard InChI is InChI=1S/C15H10FNO2/c1-9-3-2-4-12-13(9)17-14(19-15(12)18)10-5-7-11(16)8-6-10/h2-8H,1H3. The van der Waals surface area contributed by atoms with Gasteiger partial charge in [0.05, 0.1) is 10.9 Å². The molecule has 0 aliphatic heterocycles. The topological polar surface area (TPSA) is 43.1 Å². The van der Waals surface area contributed by atoms with Crippen LogP contribution in [0, 0.1) is 12.7 Å². The summed E-state index contributed by atoms with van der Waals surface area (Å²) in [6.45, 7) is 1.88. The van der Waals surface area contributed by atoms with Crippen molar-refractivity contribution >= 4 is 10.9 Å². The minimum atomic E-state index is -0.437. The van der Waals surface area contributed by atoms with Crippen molar-refractivity contribution in [2.24, 2.45) is 0 Å². The molecular weight excluding hydrogens is 245 g/mol. The lowest BCUT2D eigenvalue weighted by Gasteiger charge is -2.03. The van der Waals surface area contributed by atoms with Crippen LogP contribution in [0.25, 0.3) is 22.4 Å². The number of rotatable bonds is 1. The van der Waals surface area contributed by atoms with Crippen molar-refractivity contribution in [2.45, 2.75) is 6.92 Å². The molecule has 0 saturated heterocycles. The van der Waals surface area contributed by atoms with Crippen molar-refractivity contribution in [1.82, 2.24) is 4.98 Å². The fraction of sp³-hybridized carbons (Fsp3) is 0.0667. The van der Waals surface area contributed by atoms with Gasteiger partial charge in [0.2, 0.25) is 5.89 Å². The number of nitrogens with zero attached hydrogens (tertiary/aromatic N) is 1. The van der Waals surface area contributed by atoms with Gasteiger partial charge in [-0.2, -0.15) is 0 Å². The molecule has 94 valence electrons. The molecule has 0 unspecified atom stereocenters. The summed E-state index contributed by atoms with van der Waals surface area (Å²) in [5, 5.41) is 0.450. The maximum absolute atomic E-state index is 12.9. The molecule has 0 fully saturated rings. The Balaban J connectivity index is 2.29. The van der Waals surface area contributed by atoms with Gasteiger partial charge in [-0.15, -0.1) is 0 Å². The SMILES string of the molecule is Cc1cccc2c(=O)oc(-c3ccc(F)cc3)nc12. The lowest BCUT2D eigenvalue weighted by Crippen LogP contribution is -2.03. The summed E-state index contributed by atoms with van der Waals surface area (Å²) >= 11 is 0. The fourth-order valence-electron chi connectivity index (χ4n) is 1.96. The molecule has 0 bridgehead atoms. The van der Waals surface area contributed by atoms with E-state index in [1.54, 1.807) is 12.1 Å². The van der Waals surface area contributed by atoms with Crippen LogP contribution < -0.4 is 5.63 Å². The zero-order chi connectivity index (χ0) is 13.4. The van der Waals surface area contributed by atoms with Crippen molar-refractivity contribution in [3.63, 3.8) is 0 Å². The van der Waals surface area contributed by atoms with Gasteiger partial charge in [0, 0.05) is 5.56 Å². The van der Waals surface area contributed by atoms with E-state index in [2.05, 4.69) is 4.98 Å². The maximum Gasteiger partial charge on any atom is 0.347 e. The molecule has 0 atom stereocenters. The van der Waals surface area contributed by atoms with Crippen LogP contribution in [0.5, 0.6) is 0 Å². The molecule has 3 nitrogen and oxygen atoms in total. The van der Waals surface area contributed by atoms with Gasteiger partial charge in [-0.1, -0.05) is 12.1 Å². The van der Waals surface area contributed by atoms with Crippen LogP contribution in [0.1, 0.15) is 5.56 Å². The molecule has 0 amide bonds. The molecule has 1 heterocycles. The highest BCUT2D eigenvalue weighted by molar-refractivity contribution is 5.81. The highest BCUT2D eigenvalue weighted by Gasteiger charge is 2.09. The first kappa shape index (κ1) is 11.6. The third-order valence-corrected chi connectivity index (χ3v) is 2.95. The number of hydrogen-bond donors (Lipinski definition) is 0. The van der Waals surface area contributed by atoms with Crippen LogP contribution in [0.4, 0.5) is 4.39 Å². The van der Waals surface area contributed by atoms with E-state index in [4.69, 9.17) is 4.42 Å². The summed E-state index contributed by atoms with van der Waals surface area (Å²) in [4.78, 5) is 16.3. The number of benzene rings is 2. The van der Waals surface area contributed by atoms with Crippen molar-refractivity contribution < 1.29 is 8.81 Å². The molecule has 0 radical (unpaired) electrons. The van der Waals surface area contributed by atoms with Crippen molar-refractivity contribution in [3.8, 4) is 11.5 Å². The van der Waals surface area contributed by atoms with Gasteiger partial charge in [-0.3, -0.25) is 0 Å². The Hall–Kier alpha value is -2.49. The first-order valence-electron chi connectivity index (χ1n) is 5.81. The molecule has 2 aromatic carbocycles. The van der Waals surface area contributed by atoms with Crippen LogP contribution in [0.3, 0.4) is 0 Å². The van der Waals surface area contributed by atoms with E-state index in [0.29, 0.717) is 16.5 Å². The average Bonchev–Trinajstić information content (AvgIpc) is 2.41. The number of halogens is 1. The number of hydrogen-bond acceptors (Lipinski definition) is 3. The quantitative estimate of drug-likeness (QED) is 0.670. The molecule has 19 heavy (non-hydrogen) atoms. The zero-order valence-electron chi connectivity index (χ0n) is 10.2. The summed E-state index contributed by atoms with van der Waals surface area (Å²) in [5.41, 5.74) is 1.64. The van der Waals surface area contributed by atoms with E-state index in [1.165, 1.54) is 24.3 Å². The monoisotopic (exact) mass is 255 g/mol. The molecule has 0 N–H and O–H groups in total. The summed E-state index contributed by atoms with van der Waals surface area (Å²) in [6.07, 6.45) is 0. The fourth-order valence-corrected chi connectivity index (χ4v) is 1.96. The van der Waals surface area contributed by atoms with Crippen molar-refractivity contribution in [3.05, 3.63) is 64.3 Å². The van der Waals surface area contributed by atoms with Gasteiger partial charge < -0.3 is 4.42 Å². The van der Waals surface area contributed by atoms with Crippen LogP contribution >= 0.6 is 0 Å².